The summed E-state index contributed by atoms with van der Waals surface area (Å²) in [7, 11) is 1.63. The van der Waals surface area contributed by atoms with Gasteiger partial charge in [-0.25, -0.2) is 4.98 Å². The Kier molecular flexibility index (Phi) is 6.49. The van der Waals surface area contributed by atoms with Crippen LogP contribution < -0.4 is 16.2 Å². The Balaban J connectivity index is 1.33. The van der Waals surface area contributed by atoms with Crippen molar-refractivity contribution in [2.75, 3.05) is 38.6 Å². The van der Waals surface area contributed by atoms with Crippen molar-refractivity contribution in [2.45, 2.75) is 25.0 Å². The highest BCUT2D eigenvalue weighted by Crippen LogP contribution is 2.43. The predicted molar refractivity (Wildman–Crippen MR) is 146 cm³/mol. The maximum atomic E-state index is 13.5. The van der Waals surface area contributed by atoms with E-state index in [-0.39, 0.29) is 11.5 Å². The summed E-state index contributed by atoms with van der Waals surface area (Å²) >= 11 is 0. The normalized spacial score (nSPS) is 16.9. The lowest BCUT2D eigenvalue weighted by Crippen LogP contribution is -2.54. The van der Waals surface area contributed by atoms with Crippen LogP contribution in [0.1, 0.15) is 18.4 Å². The molecule has 4 aromatic rings. The fraction of sp³-hybridized carbons (Fsp3) is 0.310. The van der Waals surface area contributed by atoms with Gasteiger partial charge in [0.1, 0.15) is 11.9 Å². The molecule has 0 radical (unpaired) electrons. The zero-order valence-corrected chi connectivity index (χ0v) is 21.3. The van der Waals surface area contributed by atoms with Gasteiger partial charge in [0.2, 0.25) is 5.91 Å². The van der Waals surface area contributed by atoms with Crippen LogP contribution >= 0.6 is 0 Å². The molecule has 9 heteroatoms. The van der Waals surface area contributed by atoms with E-state index in [2.05, 4.69) is 25.5 Å². The summed E-state index contributed by atoms with van der Waals surface area (Å²) in [4.78, 5) is 38.0. The molecular formula is C29H30N6O3. The minimum absolute atomic E-state index is 0.000757. The van der Waals surface area contributed by atoms with Gasteiger partial charge in [-0.2, -0.15) is 0 Å². The molecule has 0 unspecified atom stereocenters. The maximum Gasteiger partial charge on any atom is 0.265 e. The van der Waals surface area contributed by atoms with E-state index in [9.17, 15) is 9.59 Å². The minimum Gasteiger partial charge on any atom is -0.380 e. The van der Waals surface area contributed by atoms with Gasteiger partial charge >= 0.3 is 0 Å². The summed E-state index contributed by atoms with van der Waals surface area (Å²) in [5, 5.41) is 7.03. The largest absolute Gasteiger partial charge is 0.380 e. The van der Waals surface area contributed by atoms with Gasteiger partial charge < -0.3 is 15.4 Å². The van der Waals surface area contributed by atoms with Crippen LogP contribution in [0.4, 0.5) is 5.69 Å². The standard InChI is InChI=1S/C29H30N6O3/c1-38-18-22-4-6-23(16-25(22)33-28(37)29(8-9-29)34-13-11-30-12-14-34)35-19-32-26-15-20(5-7-24(26)27(35)36)21-3-2-10-31-17-21/h2-7,10,15-17,19,30H,8-9,11-14,18H2,1H3,(H,33,37). The first-order chi connectivity index (χ1) is 18.6. The number of aromatic nitrogens is 3. The van der Waals surface area contributed by atoms with Crippen molar-refractivity contribution < 1.29 is 9.53 Å². The molecular weight excluding hydrogens is 480 g/mol. The quantitative estimate of drug-likeness (QED) is 0.394. The van der Waals surface area contributed by atoms with Crippen LogP contribution in [0.2, 0.25) is 0 Å². The van der Waals surface area contributed by atoms with Crippen molar-refractivity contribution in [1.82, 2.24) is 24.8 Å². The van der Waals surface area contributed by atoms with Gasteiger partial charge in [0.05, 0.1) is 23.2 Å². The first-order valence-corrected chi connectivity index (χ1v) is 12.9. The molecule has 2 aromatic heterocycles. The molecule has 0 spiro atoms. The average molecular weight is 511 g/mol. The predicted octanol–water partition coefficient (Wildman–Crippen LogP) is 2.97. The Labute approximate surface area is 220 Å². The average Bonchev–Trinajstić information content (AvgIpc) is 3.78. The van der Waals surface area contributed by atoms with Crippen LogP contribution in [-0.4, -0.2) is 64.2 Å². The first-order valence-electron chi connectivity index (χ1n) is 12.9. The minimum atomic E-state index is -0.449. The number of anilines is 1. The van der Waals surface area contributed by atoms with Gasteiger partial charge in [-0.05, 0) is 48.7 Å². The number of nitrogens with zero attached hydrogens (tertiary/aromatic N) is 4. The number of nitrogens with one attached hydrogen (secondary N) is 2. The molecule has 0 bridgehead atoms. The second-order valence-electron chi connectivity index (χ2n) is 9.89. The highest BCUT2D eigenvalue weighted by Gasteiger charge is 2.54. The molecule has 2 aliphatic rings. The van der Waals surface area contributed by atoms with E-state index in [1.807, 2.05) is 42.5 Å². The number of methoxy groups -OCH3 is 1. The molecule has 1 saturated carbocycles. The summed E-state index contributed by atoms with van der Waals surface area (Å²) in [6, 6.07) is 15.0. The van der Waals surface area contributed by atoms with Gasteiger partial charge in [-0.1, -0.05) is 18.2 Å². The Morgan fingerprint density at radius 3 is 2.68 bits per heavy atom. The van der Waals surface area contributed by atoms with E-state index < -0.39 is 5.54 Å². The molecule has 2 fully saturated rings. The Morgan fingerprint density at radius 2 is 1.95 bits per heavy atom. The number of carbonyl (C=O) groups excluding carboxylic acids is 1. The Bertz CT molecular complexity index is 1540. The molecule has 1 aliphatic carbocycles. The number of rotatable bonds is 7. The highest BCUT2D eigenvalue weighted by atomic mass is 16.5. The molecule has 1 saturated heterocycles. The number of piperazine rings is 1. The highest BCUT2D eigenvalue weighted by molar-refractivity contribution is 6.01. The summed E-state index contributed by atoms with van der Waals surface area (Å²) in [5.74, 6) is 0.000757. The molecule has 1 aliphatic heterocycles. The van der Waals surface area contributed by atoms with Crippen molar-refractivity contribution in [3.63, 3.8) is 0 Å². The molecule has 2 N–H and O–H groups in total. The number of ether oxygens (including phenoxy) is 1. The van der Waals surface area contributed by atoms with Crippen molar-refractivity contribution in [2.24, 2.45) is 0 Å². The molecule has 6 rings (SSSR count). The summed E-state index contributed by atoms with van der Waals surface area (Å²) < 4.78 is 6.90. The van der Waals surface area contributed by atoms with E-state index in [1.54, 1.807) is 25.6 Å². The van der Waals surface area contributed by atoms with Crippen molar-refractivity contribution in [1.29, 1.82) is 0 Å². The maximum absolute atomic E-state index is 13.5. The fourth-order valence-electron chi connectivity index (χ4n) is 5.27. The Morgan fingerprint density at radius 1 is 1.11 bits per heavy atom. The van der Waals surface area contributed by atoms with Crippen LogP contribution in [-0.2, 0) is 16.1 Å². The summed E-state index contributed by atoms with van der Waals surface area (Å²) in [5.41, 5.74) is 4.02. The molecule has 38 heavy (non-hydrogen) atoms. The summed E-state index contributed by atoms with van der Waals surface area (Å²) in [6.07, 6.45) is 6.76. The van der Waals surface area contributed by atoms with Gasteiger partial charge in [0, 0.05) is 62.5 Å². The third kappa shape index (κ3) is 4.49. The molecule has 3 heterocycles. The third-order valence-corrected chi connectivity index (χ3v) is 7.54. The SMILES string of the molecule is COCc1ccc(-n2cnc3cc(-c4cccnc4)ccc3c2=O)cc1NC(=O)C1(N2CCNCC2)CC1. The lowest BCUT2D eigenvalue weighted by atomic mass is 10.1. The van der Waals surface area contributed by atoms with E-state index in [0.29, 0.717) is 28.9 Å². The van der Waals surface area contributed by atoms with Crippen LogP contribution in [0, 0.1) is 0 Å². The second kappa shape index (κ2) is 10.1. The number of pyridine rings is 1. The fourth-order valence-corrected chi connectivity index (χ4v) is 5.27. The third-order valence-electron chi connectivity index (χ3n) is 7.54. The van der Waals surface area contributed by atoms with Gasteiger partial charge in [0.15, 0.2) is 0 Å². The van der Waals surface area contributed by atoms with Crippen molar-refractivity contribution >= 4 is 22.5 Å². The monoisotopic (exact) mass is 510 g/mol. The summed E-state index contributed by atoms with van der Waals surface area (Å²) in [6.45, 7) is 3.85. The lowest BCUT2D eigenvalue weighted by Gasteiger charge is -2.34. The molecule has 1 amide bonds. The first kappa shape index (κ1) is 24.4. The molecule has 9 nitrogen and oxygen atoms in total. The Hall–Kier alpha value is -3.92. The number of hydrogen-bond donors (Lipinski definition) is 2. The van der Waals surface area contributed by atoms with Crippen molar-refractivity contribution in [3.05, 3.63) is 83.2 Å². The van der Waals surface area contributed by atoms with Crippen molar-refractivity contribution in [3.8, 4) is 16.8 Å². The van der Waals surface area contributed by atoms with Crippen LogP contribution in [0.25, 0.3) is 27.7 Å². The van der Waals surface area contributed by atoms with E-state index in [0.717, 1.165) is 55.7 Å². The molecule has 0 atom stereocenters. The number of amides is 1. The number of hydrogen-bond acceptors (Lipinski definition) is 7. The number of carbonyl (C=O) groups is 1. The lowest BCUT2D eigenvalue weighted by molar-refractivity contribution is -0.123. The van der Waals surface area contributed by atoms with Crippen LogP contribution in [0.15, 0.2) is 72.0 Å². The van der Waals surface area contributed by atoms with Gasteiger partial charge in [0.25, 0.3) is 5.56 Å². The van der Waals surface area contributed by atoms with Crippen LogP contribution in [0.3, 0.4) is 0 Å². The number of fused-ring (bicyclic) bond motifs is 1. The van der Waals surface area contributed by atoms with E-state index in [1.165, 1.54) is 10.9 Å². The second-order valence-corrected chi connectivity index (χ2v) is 9.89. The smallest absolute Gasteiger partial charge is 0.265 e. The van der Waals surface area contributed by atoms with Crippen LogP contribution in [0.5, 0.6) is 0 Å². The van der Waals surface area contributed by atoms with Gasteiger partial charge in [-0.3, -0.25) is 24.0 Å². The van der Waals surface area contributed by atoms with E-state index >= 15 is 0 Å². The zero-order chi connectivity index (χ0) is 26.1. The van der Waals surface area contributed by atoms with Gasteiger partial charge in [-0.15, -0.1) is 0 Å². The zero-order valence-electron chi connectivity index (χ0n) is 21.3. The molecule has 2 aromatic carbocycles. The molecule has 194 valence electrons. The number of benzene rings is 2. The van der Waals surface area contributed by atoms with E-state index in [4.69, 9.17) is 4.74 Å². The topological polar surface area (TPSA) is 101 Å².